The summed E-state index contributed by atoms with van der Waals surface area (Å²) in [5, 5.41) is 11.5. The Labute approximate surface area is 228 Å². The molecule has 38 heavy (non-hydrogen) atoms. The molecule has 2 N–H and O–H groups in total. The largest absolute Gasteiger partial charge is 0.361 e. The van der Waals surface area contributed by atoms with Crippen LogP contribution in [0.2, 0.25) is 0 Å². The Hall–Kier alpha value is -3.90. The lowest BCUT2D eigenvalue weighted by atomic mass is 10.2. The zero-order valence-electron chi connectivity index (χ0n) is 21.5. The Bertz CT molecular complexity index is 1650. The van der Waals surface area contributed by atoms with E-state index in [1.165, 1.54) is 10.2 Å². The second-order valence-electron chi connectivity index (χ2n) is 9.11. The third-order valence-electron chi connectivity index (χ3n) is 5.96. The molecule has 0 amide bonds. The average molecular weight is 551 g/mol. The molecular formula is C26H30N8O2S2. The van der Waals surface area contributed by atoms with Crippen molar-refractivity contribution in [3.63, 3.8) is 0 Å². The minimum atomic E-state index is -3.89. The number of pyridine rings is 1. The van der Waals surface area contributed by atoms with Crippen LogP contribution in [0.15, 0.2) is 78.2 Å². The summed E-state index contributed by atoms with van der Waals surface area (Å²) < 4.78 is 30.1. The van der Waals surface area contributed by atoms with Crippen molar-refractivity contribution in [3.8, 4) is 0 Å². The van der Waals surface area contributed by atoms with Gasteiger partial charge in [0.15, 0.2) is 5.65 Å². The summed E-state index contributed by atoms with van der Waals surface area (Å²) in [4.78, 5) is 13.9. The van der Waals surface area contributed by atoms with Gasteiger partial charge >= 0.3 is 0 Å². The highest BCUT2D eigenvalue weighted by Crippen LogP contribution is 2.30. The number of rotatable bonds is 8. The maximum Gasteiger partial charge on any atom is 0.269 e. The highest BCUT2D eigenvalue weighted by molar-refractivity contribution is 7.90. The molecule has 0 radical (unpaired) electrons. The fourth-order valence-corrected chi connectivity index (χ4v) is 5.20. The quantitative estimate of drug-likeness (QED) is 0.271. The minimum Gasteiger partial charge on any atom is -0.361 e. The number of nitrogens with one attached hydrogen (secondary N) is 2. The molecule has 0 unspecified atom stereocenters. The summed E-state index contributed by atoms with van der Waals surface area (Å²) in [6.07, 6.45) is 6.77. The van der Waals surface area contributed by atoms with Gasteiger partial charge in [-0.15, -0.1) is 0 Å². The third kappa shape index (κ3) is 5.36. The van der Waals surface area contributed by atoms with Crippen LogP contribution in [0.4, 0.5) is 17.5 Å². The summed E-state index contributed by atoms with van der Waals surface area (Å²) in [7, 11) is -3.89. The summed E-state index contributed by atoms with van der Waals surface area (Å²) in [6.45, 7) is 7.94. The molecule has 0 aliphatic heterocycles. The van der Waals surface area contributed by atoms with E-state index in [1.54, 1.807) is 42.7 Å². The first-order valence-electron chi connectivity index (χ1n) is 11.9. The van der Waals surface area contributed by atoms with Gasteiger partial charge in [-0.25, -0.2) is 12.4 Å². The first kappa shape index (κ1) is 27.1. The standard InChI is InChI=1S/C26H28N8O2S.H2S/c1-17(2)33-16-20(15-28-33)30-26-31-24(29-19(4)23-7-5-6-13-27-23)22-12-14-34(25(22)32-26)37(35,36)21-10-8-18(3)9-11-21;/h5-17,19H,1-4H3,(H2,29,30,31,32);1H2/t19-;/m0./s1. The normalized spacial score (nSPS) is 12.3. The summed E-state index contributed by atoms with van der Waals surface area (Å²) in [6, 6.07) is 14.1. The maximum atomic E-state index is 13.6. The van der Waals surface area contributed by atoms with E-state index in [0.29, 0.717) is 16.9 Å². The molecule has 12 heteroatoms. The number of hydrogen-bond donors (Lipinski definition) is 2. The van der Waals surface area contributed by atoms with Crippen molar-refractivity contribution in [2.75, 3.05) is 10.6 Å². The van der Waals surface area contributed by atoms with Gasteiger partial charge in [0.05, 0.1) is 33.9 Å². The zero-order valence-corrected chi connectivity index (χ0v) is 23.3. The number of aromatic nitrogens is 6. The number of benzene rings is 1. The van der Waals surface area contributed by atoms with Crippen molar-refractivity contribution in [2.24, 2.45) is 0 Å². The van der Waals surface area contributed by atoms with Crippen LogP contribution >= 0.6 is 13.5 Å². The highest BCUT2D eigenvalue weighted by atomic mass is 32.2. The van der Waals surface area contributed by atoms with Crippen LogP contribution in [0.25, 0.3) is 11.0 Å². The van der Waals surface area contributed by atoms with Crippen LogP contribution in [-0.4, -0.2) is 37.1 Å². The van der Waals surface area contributed by atoms with Gasteiger partial charge in [-0.2, -0.15) is 28.6 Å². The number of aryl methyl sites for hydroxylation is 1. The van der Waals surface area contributed by atoms with Gasteiger partial charge < -0.3 is 10.6 Å². The lowest BCUT2D eigenvalue weighted by Gasteiger charge is -2.16. The Kier molecular flexibility index (Phi) is 7.74. The smallest absolute Gasteiger partial charge is 0.269 e. The molecule has 0 aliphatic carbocycles. The van der Waals surface area contributed by atoms with Crippen molar-refractivity contribution in [1.82, 2.24) is 28.7 Å². The monoisotopic (exact) mass is 550 g/mol. The molecule has 4 heterocycles. The van der Waals surface area contributed by atoms with Crippen LogP contribution < -0.4 is 10.6 Å². The molecule has 0 spiro atoms. The van der Waals surface area contributed by atoms with Crippen molar-refractivity contribution in [3.05, 3.63) is 84.6 Å². The number of anilines is 3. The van der Waals surface area contributed by atoms with Crippen molar-refractivity contribution < 1.29 is 8.42 Å². The van der Waals surface area contributed by atoms with Gasteiger partial charge in [0, 0.05) is 24.6 Å². The van der Waals surface area contributed by atoms with E-state index < -0.39 is 10.0 Å². The predicted octanol–water partition coefficient (Wildman–Crippen LogP) is 5.18. The first-order valence-corrected chi connectivity index (χ1v) is 13.4. The molecule has 1 atom stereocenters. The van der Waals surface area contributed by atoms with E-state index in [2.05, 4.69) is 30.7 Å². The number of nitrogens with zero attached hydrogens (tertiary/aromatic N) is 6. The molecule has 0 saturated heterocycles. The molecule has 10 nitrogen and oxygen atoms in total. The average Bonchev–Trinajstić information content (AvgIpc) is 3.53. The molecule has 0 bridgehead atoms. The van der Waals surface area contributed by atoms with Gasteiger partial charge in [-0.05, 0) is 58.0 Å². The first-order chi connectivity index (χ1) is 17.7. The fourth-order valence-electron chi connectivity index (χ4n) is 3.90. The number of fused-ring (bicyclic) bond motifs is 1. The van der Waals surface area contributed by atoms with Crippen molar-refractivity contribution in [2.45, 2.75) is 44.7 Å². The number of hydrogen-bond acceptors (Lipinski definition) is 8. The summed E-state index contributed by atoms with van der Waals surface area (Å²) in [5.74, 6) is 0.727. The zero-order chi connectivity index (χ0) is 26.2. The van der Waals surface area contributed by atoms with E-state index in [1.807, 2.05) is 56.8 Å². The second kappa shape index (κ2) is 10.8. The van der Waals surface area contributed by atoms with E-state index in [4.69, 9.17) is 0 Å². The summed E-state index contributed by atoms with van der Waals surface area (Å²) in [5.41, 5.74) is 2.75. The SMILES string of the molecule is Cc1ccc(S(=O)(=O)n2ccc3c(N[C@@H](C)c4ccccn4)nc(Nc4cnn(C(C)C)c4)nc32)cc1.S. The molecule has 0 saturated carbocycles. The maximum absolute atomic E-state index is 13.6. The van der Waals surface area contributed by atoms with Crippen molar-refractivity contribution >= 4 is 52.0 Å². The van der Waals surface area contributed by atoms with Gasteiger partial charge in [0.25, 0.3) is 10.0 Å². The third-order valence-corrected chi connectivity index (χ3v) is 7.64. The van der Waals surface area contributed by atoms with E-state index in [-0.39, 0.29) is 42.1 Å². The Morgan fingerprint density at radius 1 is 0.974 bits per heavy atom. The van der Waals surface area contributed by atoms with E-state index >= 15 is 0 Å². The molecule has 4 aromatic heterocycles. The van der Waals surface area contributed by atoms with Crippen LogP contribution in [0.3, 0.4) is 0 Å². The van der Waals surface area contributed by atoms with Crippen LogP contribution in [-0.2, 0) is 10.0 Å². The lowest BCUT2D eigenvalue weighted by Crippen LogP contribution is -2.14. The van der Waals surface area contributed by atoms with Crippen LogP contribution in [0.5, 0.6) is 0 Å². The van der Waals surface area contributed by atoms with Crippen LogP contribution in [0, 0.1) is 6.92 Å². The molecule has 198 valence electrons. The van der Waals surface area contributed by atoms with Crippen LogP contribution in [0.1, 0.15) is 44.1 Å². The Morgan fingerprint density at radius 3 is 2.39 bits per heavy atom. The van der Waals surface area contributed by atoms with Gasteiger partial charge in [0.2, 0.25) is 5.95 Å². The Balaban J connectivity index is 0.00000336. The Morgan fingerprint density at radius 2 is 1.74 bits per heavy atom. The molecule has 5 aromatic rings. The molecule has 1 aromatic carbocycles. The molecule has 0 aliphatic rings. The van der Waals surface area contributed by atoms with E-state index in [9.17, 15) is 8.42 Å². The van der Waals surface area contributed by atoms with E-state index in [0.717, 1.165) is 11.3 Å². The molecule has 0 fully saturated rings. The highest BCUT2D eigenvalue weighted by Gasteiger charge is 2.23. The fraction of sp³-hybridized carbons (Fsp3) is 0.231. The molecular weight excluding hydrogens is 520 g/mol. The van der Waals surface area contributed by atoms with Gasteiger partial charge in [-0.1, -0.05) is 23.8 Å². The summed E-state index contributed by atoms with van der Waals surface area (Å²) >= 11 is 0. The van der Waals surface area contributed by atoms with Crippen molar-refractivity contribution in [1.29, 1.82) is 0 Å². The minimum absolute atomic E-state index is 0. The second-order valence-corrected chi connectivity index (χ2v) is 10.9. The molecule has 5 rings (SSSR count). The van der Waals surface area contributed by atoms with Gasteiger partial charge in [-0.3, -0.25) is 9.67 Å². The van der Waals surface area contributed by atoms with Gasteiger partial charge in [0.1, 0.15) is 5.82 Å². The lowest BCUT2D eigenvalue weighted by molar-refractivity contribution is 0.532. The predicted molar refractivity (Wildman–Crippen MR) is 154 cm³/mol. The topological polar surface area (TPSA) is 120 Å².